The average Bonchev–Trinajstić information content (AvgIpc) is 3.79. The van der Waals surface area contributed by atoms with E-state index in [1.54, 1.807) is 27.7 Å². The molecule has 0 bridgehead atoms. The van der Waals surface area contributed by atoms with Gasteiger partial charge in [-0.2, -0.15) is 0 Å². The molecule has 8 rings (SSSR count). The number of nitrogens with zero attached hydrogens (tertiary/aromatic N) is 8. The lowest BCUT2D eigenvalue weighted by molar-refractivity contribution is -0.0661. The SMILES string of the molecule is O=c1[nH]cnc2c1ncn2[C@H]1C[C@@H]2OP(=O)(O)OC[C@H]3O[C@@H](n4cnc5c4ncn4ccnc54)C[C@@H]3OP(=O)(O)OC[C@H]2O1. The Bertz CT molecular complexity index is 2040. The minimum Gasteiger partial charge on any atom is -0.349 e. The summed E-state index contributed by atoms with van der Waals surface area (Å²) in [7, 11) is -9.45. The van der Waals surface area contributed by atoms with Crippen LogP contribution in [0.1, 0.15) is 25.3 Å². The third kappa shape index (κ3) is 4.89. The van der Waals surface area contributed by atoms with E-state index in [-0.39, 0.29) is 24.0 Å². The Kier molecular flexibility index (Phi) is 6.58. The molecule has 44 heavy (non-hydrogen) atoms. The number of phosphoric acid groups is 2. The highest BCUT2D eigenvalue weighted by atomic mass is 31.2. The molecular formula is C22H23N9O11P2. The fourth-order valence-electron chi connectivity index (χ4n) is 5.63. The van der Waals surface area contributed by atoms with Crippen LogP contribution in [0.3, 0.4) is 0 Å². The quantitative estimate of drug-likeness (QED) is 0.224. The number of rotatable bonds is 2. The predicted octanol–water partition coefficient (Wildman–Crippen LogP) is 0.805. The first-order chi connectivity index (χ1) is 21.1. The Morgan fingerprint density at radius 2 is 1.34 bits per heavy atom. The van der Waals surface area contributed by atoms with Crippen LogP contribution in [0.4, 0.5) is 0 Å². The van der Waals surface area contributed by atoms with E-state index in [9.17, 15) is 23.7 Å². The lowest BCUT2D eigenvalue weighted by Crippen LogP contribution is -2.32. The maximum Gasteiger partial charge on any atom is 0.472 e. The summed E-state index contributed by atoms with van der Waals surface area (Å²) < 4.78 is 64.5. The predicted molar refractivity (Wildman–Crippen MR) is 143 cm³/mol. The largest absolute Gasteiger partial charge is 0.472 e. The molecule has 3 aliphatic heterocycles. The maximum absolute atomic E-state index is 13.1. The number of aromatic amines is 1. The molecule has 0 radical (unpaired) electrons. The molecule has 22 heteroatoms. The second-order valence-corrected chi connectivity index (χ2v) is 13.1. The Balaban J connectivity index is 1.04. The van der Waals surface area contributed by atoms with Crippen molar-refractivity contribution in [3.63, 3.8) is 0 Å². The van der Waals surface area contributed by atoms with Gasteiger partial charge in [0.05, 0.1) is 32.2 Å². The van der Waals surface area contributed by atoms with Gasteiger partial charge in [-0.1, -0.05) is 0 Å². The number of nitrogens with one attached hydrogen (secondary N) is 1. The maximum atomic E-state index is 13.1. The summed E-state index contributed by atoms with van der Waals surface area (Å²) in [5.74, 6) is 0. The third-order valence-corrected chi connectivity index (χ3v) is 9.67. The molecule has 0 aromatic carbocycles. The Hall–Kier alpha value is -3.42. The van der Waals surface area contributed by atoms with E-state index in [2.05, 4.69) is 29.9 Å². The molecule has 0 spiro atoms. The van der Waals surface area contributed by atoms with Gasteiger partial charge in [0, 0.05) is 25.2 Å². The van der Waals surface area contributed by atoms with Crippen LogP contribution in [-0.2, 0) is 36.7 Å². The molecular weight excluding hydrogens is 628 g/mol. The van der Waals surface area contributed by atoms with E-state index in [4.69, 9.17) is 27.6 Å². The van der Waals surface area contributed by atoms with Crippen molar-refractivity contribution in [2.24, 2.45) is 0 Å². The van der Waals surface area contributed by atoms with E-state index < -0.39 is 71.3 Å². The van der Waals surface area contributed by atoms with Crippen molar-refractivity contribution in [3.8, 4) is 0 Å². The molecule has 232 valence electrons. The molecule has 8 atom stereocenters. The lowest BCUT2D eigenvalue weighted by atomic mass is 10.2. The highest BCUT2D eigenvalue weighted by Crippen LogP contribution is 2.53. The molecule has 3 N–H and O–H groups in total. The zero-order valence-electron chi connectivity index (χ0n) is 22.3. The second-order valence-electron chi connectivity index (χ2n) is 10.3. The zero-order chi connectivity index (χ0) is 30.2. The van der Waals surface area contributed by atoms with E-state index in [1.165, 1.54) is 23.5 Å². The molecule has 3 aliphatic rings. The van der Waals surface area contributed by atoms with Crippen LogP contribution in [0.5, 0.6) is 0 Å². The summed E-state index contributed by atoms with van der Waals surface area (Å²) in [6.07, 6.45) is 2.81. The summed E-state index contributed by atoms with van der Waals surface area (Å²) in [5.41, 5.74) is 1.31. The Morgan fingerprint density at radius 1 is 0.750 bits per heavy atom. The van der Waals surface area contributed by atoms with Crippen molar-refractivity contribution in [2.75, 3.05) is 13.2 Å². The number of fused-ring (bicyclic) bond motifs is 6. The van der Waals surface area contributed by atoms with Gasteiger partial charge in [0.15, 0.2) is 28.0 Å². The highest BCUT2D eigenvalue weighted by Gasteiger charge is 2.47. The second kappa shape index (κ2) is 10.3. The number of imidazole rings is 3. The van der Waals surface area contributed by atoms with E-state index in [0.29, 0.717) is 16.8 Å². The number of H-pyrrole nitrogens is 1. The van der Waals surface area contributed by atoms with Crippen molar-refractivity contribution in [2.45, 2.75) is 49.7 Å². The molecule has 3 fully saturated rings. The first-order valence-corrected chi connectivity index (χ1v) is 16.3. The molecule has 5 aromatic rings. The van der Waals surface area contributed by atoms with Gasteiger partial charge in [0.1, 0.15) is 43.2 Å². The Morgan fingerprint density at radius 3 is 1.98 bits per heavy atom. The molecule has 3 saturated heterocycles. The number of hydrogen-bond acceptors (Lipinski definition) is 14. The summed E-state index contributed by atoms with van der Waals surface area (Å²) in [4.78, 5) is 57.0. The molecule has 2 unspecified atom stereocenters. The molecule has 8 heterocycles. The van der Waals surface area contributed by atoms with Crippen LogP contribution in [-0.4, -0.2) is 90.9 Å². The van der Waals surface area contributed by atoms with Gasteiger partial charge >= 0.3 is 15.6 Å². The summed E-state index contributed by atoms with van der Waals surface area (Å²) >= 11 is 0. The lowest BCUT2D eigenvalue weighted by Gasteiger charge is -2.26. The summed E-state index contributed by atoms with van der Waals surface area (Å²) in [6.45, 7) is -1.08. The molecule has 0 saturated carbocycles. The van der Waals surface area contributed by atoms with Gasteiger partial charge in [0.2, 0.25) is 0 Å². The van der Waals surface area contributed by atoms with Crippen LogP contribution in [0.2, 0.25) is 0 Å². The van der Waals surface area contributed by atoms with Gasteiger partial charge in [-0.15, -0.1) is 0 Å². The minimum absolute atomic E-state index is 0.0236. The van der Waals surface area contributed by atoms with Crippen LogP contribution in [0.25, 0.3) is 28.0 Å². The van der Waals surface area contributed by atoms with Crippen LogP contribution >= 0.6 is 15.6 Å². The van der Waals surface area contributed by atoms with E-state index >= 15 is 0 Å². The number of ether oxygens (including phenoxy) is 2. The van der Waals surface area contributed by atoms with Crippen molar-refractivity contribution >= 4 is 43.6 Å². The smallest absolute Gasteiger partial charge is 0.349 e. The monoisotopic (exact) mass is 651 g/mol. The Labute approximate surface area is 244 Å². The van der Waals surface area contributed by atoms with Gasteiger partial charge in [-0.3, -0.25) is 36.4 Å². The van der Waals surface area contributed by atoms with E-state index in [1.807, 2.05) is 0 Å². The van der Waals surface area contributed by atoms with Gasteiger partial charge < -0.3 is 24.2 Å². The molecule has 5 aromatic heterocycles. The number of aromatic nitrogens is 9. The number of hydrogen-bond donors (Lipinski definition) is 3. The van der Waals surface area contributed by atoms with Gasteiger partial charge in [-0.25, -0.2) is 34.0 Å². The fourth-order valence-corrected chi connectivity index (χ4v) is 7.55. The third-order valence-electron chi connectivity index (χ3n) is 7.64. The van der Waals surface area contributed by atoms with E-state index in [0.717, 1.165) is 0 Å². The first kappa shape index (κ1) is 28.1. The molecule has 20 nitrogen and oxygen atoms in total. The van der Waals surface area contributed by atoms with Crippen LogP contribution < -0.4 is 5.56 Å². The van der Waals surface area contributed by atoms with Crippen LogP contribution in [0, 0.1) is 0 Å². The summed E-state index contributed by atoms with van der Waals surface area (Å²) in [6, 6.07) is 0. The summed E-state index contributed by atoms with van der Waals surface area (Å²) in [5, 5.41) is 0. The highest BCUT2D eigenvalue weighted by molar-refractivity contribution is 7.47. The average molecular weight is 651 g/mol. The van der Waals surface area contributed by atoms with Crippen molar-refractivity contribution in [1.29, 1.82) is 0 Å². The fraction of sp³-hybridized carbons (Fsp3) is 0.455. The standard InChI is InChI=1S/C22H23N9O11P2/c32-22-18-21(24-7-25-22)31(10-27-18)16-4-12-14(40-16)6-38-43(33,34)41-11-3-15(39-13(11)5-37-44(35,36)42-12)30-9-26-17-19-23-1-2-29(19)8-28-20(17)30/h1-2,7-16H,3-6H2,(H,33,34)(H,35,36)(H,24,25,32)/t11-,12-,13+,14+,15+,16+/m0/s1. The van der Waals surface area contributed by atoms with Crippen molar-refractivity contribution in [3.05, 3.63) is 48.1 Å². The topological polar surface area (TPSA) is 242 Å². The zero-order valence-corrected chi connectivity index (χ0v) is 24.1. The molecule has 0 aliphatic carbocycles. The minimum atomic E-state index is -4.73. The van der Waals surface area contributed by atoms with Crippen molar-refractivity contribution < 1.29 is 46.5 Å². The number of phosphoric ester groups is 2. The van der Waals surface area contributed by atoms with Gasteiger partial charge in [-0.05, 0) is 0 Å². The van der Waals surface area contributed by atoms with Crippen LogP contribution in [0.15, 0.2) is 42.5 Å². The molecule has 0 amide bonds. The van der Waals surface area contributed by atoms with Gasteiger partial charge in [0.25, 0.3) is 5.56 Å². The van der Waals surface area contributed by atoms with Crippen molar-refractivity contribution in [1.82, 2.24) is 43.4 Å². The first-order valence-electron chi connectivity index (χ1n) is 13.3. The normalized spacial score (nSPS) is 35.0.